The van der Waals surface area contributed by atoms with Crippen molar-refractivity contribution in [2.45, 2.75) is 0 Å². The topological polar surface area (TPSA) is 885 Å². The Kier molecular flexibility index (Phi) is 125. The molecule has 0 unspecified atom stereocenters. The van der Waals surface area contributed by atoms with Crippen LogP contribution in [0.5, 0.6) is 0 Å². The van der Waals surface area contributed by atoms with Crippen LogP contribution in [0.1, 0.15) is 64.7 Å². The number of aliphatic hydroxyl groups is 6. The Morgan fingerprint density at radius 3 is 0.615 bits per heavy atom. The maximum Gasteiger partial charge on any atom is 2.00 e. The Morgan fingerprint density at radius 1 is 0.292 bits per heavy atom. The second kappa shape index (κ2) is 89.2. The van der Waals surface area contributed by atoms with E-state index in [0.717, 1.165) is 67.0 Å². The van der Waals surface area contributed by atoms with Crippen molar-refractivity contribution in [1.82, 2.24) is 29.9 Å². The number of hydrogen-bond acceptors (Lipinski definition) is 32. The Balaban J connectivity index is -0.0000000525. The first kappa shape index (κ1) is 134. The smallest absolute Gasteiger partial charge is 0.871 e. The molecule has 0 aliphatic rings. The number of pyridine rings is 6. The van der Waals surface area contributed by atoms with Crippen LogP contribution in [0.25, 0.3) is 23.0 Å². The van der Waals surface area contributed by atoms with E-state index in [2.05, 4.69) is 29.9 Å². The monoisotopic (exact) mass is 1570 g/mol. The normalized spacial score (nSPS) is 8.29. The van der Waals surface area contributed by atoms with Gasteiger partial charge in [0.05, 0.1) is 43.1 Å². The molecule has 6 aromatic heterocycles. The minimum absolute atomic E-state index is 0. The minimum atomic E-state index is -1.75. The van der Waals surface area contributed by atoms with Gasteiger partial charge in [0.15, 0.2) is 0 Å². The Labute approximate surface area is 582 Å². The number of ketones is 4. The van der Waals surface area contributed by atoms with Gasteiger partial charge >= 0.3 is 67.1 Å². The summed E-state index contributed by atoms with van der Waals surface area (Å²) in [6.07, 6.45) is 9.22. The van der Waals surface area contributed by atoms with E-state index in [1.165, 1.54) is 85.5 Å². The number of aromatic nitrogens is 6. The molecular formula is C48H72Co4N10O34+6. The van der Waals surface area contributed by atoms with Gasteiger partial charge in [-0.3, -0.25) is 39.1 Å². The summed E-state index contributed by atoms with van der Waals surface area (Å²) >= 11 is 0. The van der Waals surface area contributed by atoms with Gasteiger partial charge in [0.25, 0.3) is 0 Å². The molecule has 6 rings (SSSR count). The van der Waals surface area contributed by atoms with E-state index in [-0.39, 0.29) is 156 Å². The molecule has 4 radical (unpaired) electrons. The third-order valence-electron chi connectivity index (χ3n) is 7.23. The number of nitrogens with zero attached hydrogens (tertiary/aromatic N) is 10. The van der Waals surface area contributed by atoms with E-state index >= 15 is 0 Å². The molecule has 28 N–H and O–H groups in total. The van der Waals surface area contributed by atoms with E-state index in [0.29, 0.717) is 0 Å². The van der Waals surface area contributed by atoms with Crippen LogP contribution in [0.3, 0.4) is 0 Å². The first-order valence-corrected chi connectivity index (χ1v) is 21.3. The molecule has 0 aliphatic carbocycles. The zero-order chi connectivity index (χ0) is 66.2. The second-order valence-electron chi connectivity index (χ2n) is 12.1. The van der Waals surface area contributed by atoms with Crippen molar-refractivity contribution in [3.8, 4) is 0 Å². The van der Waals surface area contributed by atoms with Gasteiger partial charge in [0, 0.05) is 67.4 Å². The largest absolute Gasteiger partial charge is 2.00 e. The van der Waals surface area contributed by atoms with E-state index in [1.807, 2.05) is 0 Å². The summed E-state index contributed by atoms with van der Waals surface area (Å²) in [5.41, 5.74) is 0.134. The van der Waals surface area contributed by atoms with E-state index in [1.54, 1.807) is 48.5 Å². The predicted octanol–water partition coefficient (Wildman–Crippen LogP) is -8.42. The standard InChI is InChI=1S/2C21H15N3O4.6CH4O.4Co.4NO3.8H2O/c2*25-18(14-6-1-3-10-22-14)12-20(27)16-8-5-9-17(24-16)21(28)13-19(26)15-7-2-4-11-23-15;6*1-2;;;;;4*2-1(3)4;;;;;;;;/h2*1-13,25,28H;6*2H,1H3;;;;;;;;;8*1H2/q;;;;;;;;4*+2;4*-1;;;;;;;;/p+2/b2*18-12-,21-13-;;;;;;;;;;;;;;;;;;;;;;. The Bertz CT molecular complexity index is 2740. The predicted molar refractivity (Wildman–Crippen MR) is 321 cm³/mol. The van der Waals surface area contributed by atoms with Crippen molar-refractivity contribution < 1.29 is 202 Å². The van der Waals surface area contributed by atoms with Crippen LogP contribution < -0.4 is 20.4 Å². The van der Waals surface area contributed by atoms with Crippen LogP contribution in [0.15, 0.2) is 158 Å². The van der Waals surface area contributed by atoms with Crippen LogP contribution in [0.4, 0.5) is 0 Å². The fourth-order valence-electron chi connectivity index (χ4n) is 4.52. The summed E-state index contributed by atoms with van der Waals surface area (Å²) in [5.74, 6) is -4.94. The van der Waals surface area contributed by atoms with Crippen molar-refractivity contribution in [3.05, 3.63) is 265 Å². The Hall–Kier alpha value is -9.99. The Morgan fingerprint density at radius 2 is 0.438 bits per heavy atom. The van der Waals surface area contributed by atoms with Gasteiger partial charge in [-0.05, 0) is 97.1 Å². The van der Waals surface area contributed by atoms with Gasteiger partial charge in [0.2, 0.25) is 23.1 Å². The van der Waals surface area contributed by atoms with E-state index < -0.39 is 66.5 Å². The number of hydrogen-bond donors (Lipinski definition) is 6. The van der Waals surface area contributed by atoms with Gasteiger partial charge in [-0.2, -0.15) is 0 Å². The van der Waals surface area contributed by atoms with Gasteiger partial charge in [-0.15, -0.1) is 0 Å². The summed E-state index contributed by atoms with van der Waals surface area (Å²) in [4.78, 5) is 105. The summed E-state index contributed by atoms with van der Waals surface area (Å²) < 4.78 is 0. The number of allylic oxidation sites excluding steroid dienone is 4. The van der Waals surface area contributed by atoms with Crippen molar-refractivity contribution in [3.63, 3.8) is 0 Å². The molecule has 0 fully saturated rings. The third kappa shape index (κ3) is 71.4. The first-order valence-electron chi connectivity index (χ1n) is 21.3. The zero-order valence-corrected chi connectivity index (χ0v) is 54.3. The quantitative estimate of drug-likeness (QED) is 0.0165. The molecule has 0 bridgehead atoms. The summed E-state index contributed by atoms with van der Waals surface area (Å²) in [6, 6.07) is 27.5. The molecule has 0 aliphatic heterocycles. The fraction of sp³-hybridized carbons (Fsp3) is 0.125. The molecule has 96 heavy (non-hydrogen) atoms. The summed E-state index contributed by atoms with van der Waals surface area (Å²) in [6.45, 7) is 0. The number of aliphatic hydroxyl groups excluding tert-OH is 6. The van der Waals surface area contributed by atoms with Gasteiger partial charge in [0.1, 0.15) is 22.8 Å². The molecule has 0 spiro atoms. The van der Waals surface area contributed by atoms with Crippen LogP contribution in [-0.4, -0.2) is 158 Å². The van der Waals surface area contributed by atoms with Crippen LogP contribution in [-0.2, 0) is 100.0 Å². The maximum atomic E-state index is 12.3. The van der Waals surface area contributed by atoms with Crippen LogP contribution in [0, 0.1) is 61.3 Å². The SMILES string of the molecule is CO.CO.CO.CO.CO.CO.O.O.O=C(/C=C(\[O-])c1cccc(C(=O)/C=C(\[O-])c2ccccn2)n1)c1ccccn1.O=C(/C=C(\[O-])c1cccc(C(=O)/C=C(\[O-])c2ccccn2)n1)c1ccccn1.O=[N+]([O-])[O-].O=[N+]([O-])[O-].O=[N+]([O-])[O-].O=[N+]([O-])[O-].[Co+2].[Co+2].[Co+2].[Co+2].[OH3+].[OH3+].[OH3+].[OH3+].[OH3+].[OH3+]. The molecule has 0 saturated heterocycles. The average molecular weight is 1570 g/mol. The number of carbonyl (C=O) groups is 4. The van der Waals surface area contributed by atoms with Crippen molar-refractivity contribution in [2.24, 2.45) is 0 Å². The van der Waals surface area contributed by atoms with Crippen molar-refractivity contribution >= 4 is 46.2 Å². The molecule has 44 nitrogen and oxygen atoms in total. The third-order valence-corrected chi connectivity index (χ3v) is 7.23. The summed E-state index contributed by atoms with van der Waals surface area (Å²) in [5, 5.41) is 150. The minimum Gasteiger partial charge on any atom is -0.871 e. The molecule has 0 amide bonds. The van der Waals surface area contributed by atoms with Crippen molar-refractivity contribution in [1.29, 1.82) is 0 Å². The fourth-order valence-corrected chi connectivity index (χ4v) is 4.52. The van der Waals surface area contributed by atoms with Crippen LogP contribution >= 0.6 is 0 Å². The van der Waals surface area contributed by atoms with Gasteiger partial charge in [-0.25, -0.2) is 9.97 Å². The second-order valence-corrected chi connectivity index (χ2v) is 12.1. The first-order chi connectivity index (χ1) is 40.0. The summed E-state index contributed by atoms with van der Waals surface area (Å²) in [7, 11) is 6.00. The van der Waals surface area contributed by atoms with Crippen molar-refractivity contribution in [2.75, 3.05) is 42.7 Å². The molecule has 548 valence electrons. The number of carbonyl (C=O) groups excluding carboxylic acids is 4. The molecule has 0 saturated carbocycles. The average Bonchev–Trinajstić information content (AvgIpc) is 1.40. The maximum absolute atomic E-state index is 12.3. The molecular weight excluding hydrogens is 1500 g/mol. The van der Waals surface area contributed by atoms with E-state index in [4.69, 9.17) is 91.9 Å². The molecule has 0 atom stereocenters. The van der Waals surface area contributed by atoms with E-state index in [9.17, 15) is 39.6 Å². The molecule has 0 aromatic carbocycles. The van der Waals surface area contributed by atoms with Gasteiger partial charge < -0.3 is 156 Å². The molecule has 48 heteroatoms. The zero-order valence-electron chi connectivity index (χ0n) is 50.1. The molecule has 6 heterocycles. The van der Waals surface area contributed by atoms with Crippen LogP contribution in [0.2, 0.25) is 0 Å². The molecule has 6 aromatic rings. The number of rotatable bonds is 12. The van der Waals surface area contributed by atoms with Gasteiger partial charge in [-0.1, -0.05) is 59.4 Å².